The number of ether oxygens (including phenoxy) is 1. The Balaban J connectivity index is 2.07. The Kier molecular flexibility index (Phi) is 4.53. The van der Waals surface area contributed by atoms with Gasteiger partial charge in [-0.2, -0.15) is 4.36 Å². The van der Waals surface area contributed by atoms with Crippen LogP contribution in [0, 0.1) is 0 Å². The summed E-state index contributed by atoms with van der Waals surface area (Å²) in [4.78, 5) is 12.3. The number of carbonyl (C=O) groups excluding carboxylic acids is 1. The number of nitrogens with zero attached hydrogens (tertiary/aromatic N) is 1. The highest BCUT2D eigenvalue weighted by molar-refractivity contribution is 7.93. The molecule has 4 nitrogen and oxygen atoms in total. The smallest absolute Gasteiger partial charge is 0.291 e. The van der Waals surface area contributed by atoms with Crippen LogP contribution in [0.3, 0.4) is 0 Å². The molecule has 1 unspecified atom stereocenters. The van der Waals surface area contributed by atoms with Crippen LogP contribution in [0.1, 0.15) is 0 Å². The third kappa shape index (κ3) is 3.93. The van der Waals surface area contributed by atoms with Crippen LogP contribution >= 0.6 is 0 Å². The molecule has 0 spiro atoms. The number of rotatable bonds is 4. The monoisotopic (exact) mass is 289 g/mol. The fourth-order valence-corrected chi connectivity index (χ4v) is 2.82. The summed E-state index contributed by atoms with van der Waals surface area (Å²) in [5.41, 5.74) is 0. The van der Waals surface area contributed by atoms with Crippen LogP contribution in [0.4, 0.5) is 0 Å². The summed E-state index contributed by atoms with van der Waals surface area (Å²) in [5.74, 6) is 0.0450. The molecule has 0 aliphatic carbocycles. The van der Waals surface area contributed by atoms with Gasteiger partial charge in [0.1, 0.15) is 5.75 Å². The zero-order chi connectivity index (χ0) is 14.4. The molecule has 0 radical (unpaired) electrons. The van der Waals surface area contributed by atoms with Crippen molar-refractivity contribution in [2.24, 2.45) is 4.36 Å². The molecule has 0 saturated heterocycles. The molecule has 0 aliphatic rings. The van der Waals surface area contributed by atoms with E-state index in [4.69, 9.17) is 4.74 Å². The van der Waals surface area contributed by atoms with Crippen molar-refractivity contribution in [3.63, 3.8) is 0 Å². The molecule has 1 atom stereocenters. The fourth-order valence-electron chi connectivity index (χ4n) is 1.61. The van der Waals surface area contributed by atoms with Crippen LogP contribution in [0.25, 0.3) is 0 Å². The Hall–Kier alpha value is -2.14. The van der Waals surface area contributed by atoms with Crippen molar-refractivity contribution in [3.05, 3.63) is 60.7 Å². The molecule has 5 heteroatoms. The third-order valence-electron chi connectivity index (χ3n) is 2.56. The highest BCUT2D eigenvalue weighted by Crippen LogP contribution is 2.11. The number of hydrogen-bond acceptors (Lipinski definition) is 3. The summed E-state index contributed by atoms with van der Waals surface area (Å²) in [6.45, 7) is -0.221. The molecule has 0 heterocycles. The Bertz CT molecular complexity index is 690. The third-order valence-corrected chi connectivity index (χ3v) is 4.26. The normalized spacial score (nSPS) is 13.2. The minimum Gasteiger partial charge on any atom is -0.484 e. The maximum absolute atomic E-state index is 12.4. The van der Waals surface area contributed by atoms with Gasteiger partial charge in [0, 0.05) is 11.2 Å². The van der Waals surface area contributed by atoms with Crippen LogP contribution < -0.4 is 4.74 Å². The Morgan fingerprint density at radius 2 is 1.60 bits per heavy atom. The number of carbonyl (C=O) groups is 1. The van der Waals surface area contributed by atoms with E-state index in [0.717, 1.165) is 0 Å². The number of amides is 1. The lowest BCUT2D eigenvalue weighted by Crippen LogP contribution is -2.11. The van der Waals surface area contributed by atoms with Crippen LogP contribution in [0.5, 0.6) is 5.75 Å². The maximum atomic E-state index is 12.4. The Morgan fingerprint density at radius 1 is 1.05 bits per heavy atom. The van der Waals surface area contributed by atoms with Gasteiger partial charge < -0.3 is 4.74 Å². The highest BCUT2D eigenvalue weighted by Gasteiger charge is 2.09. The van der Waals surface area contributed by atoms with Crippen molar-refractivity contribution in [2.75, 3.05) is 12.9 Å². The largest absolute Gasteiger partial charge is 0.484 e. The molecule has 2 aromatic rings. The van der Waals surface area contributed by atoms with Crippen LogP contribution in [0.2, 0.25) is 0 Å². The van der Waals surface area contributed by atoms with E-state index in [1.807, 2.05) is 24.3 Å². The lowest BCUT2D eigenvalue weighted by molar-refractivity contribution is -0.119. The van der Waals surface area contributed by atoms with E-state index < -0.39 is 15.6 Å². The first kappa shape index (κ1) is 14.3. The van der Waals surface area contributed by atoms with Crippen molar-refractivity contribution in [1.29, 1.82) is 0 Å². The van der Waals surface area contributed by atoms with Crippen molar-refractivity contribution in [1.82, 2.24) is 0 Å². The second kappa shape index (κ2) is 6.34. The topological polar surface area (TPSA) is 55.7 Å². The van der Waals surface area contributed by atoms with Crippen LogP contribution in [-0.2, 0) is 14.5 Å². The summed E-state index contributed by atoms with van der Waals surface area (Å²) in [6, 6.07) is 17.7. The quantitative estimate of drug-likeness (QED) is 0.869. The first-order chi connectivity index (χ1) is 9.58. The summed E-state index contributed by atoms with van der Waals surface area (Å²) in [5, 5.41) is 0. The average Bonchev–Trinajstić information content (AvgIpc) is 2.47. The van der Waals surface area contributed by atoms with Crippen LogP contribution in [-0.4, -0.2) is 23.0 Å². The number of para-hydroxylation sites is 1. The van der Waals surface area contributed by atoms with Crippen LogP contribution in [0.15, 0.2) is 69.9 Å². The molecule has 20 heavy (non-hydrogen) atoms. The second-order valence-electron chi connectivity index (χ2n) is 4.20. The van der Waals surface area contributed by atoms with Gasteiger partial charge >= 0.3 is 0 Å². The van der Waals surface area contributed by atoms with Gasteiger partial charge in [-0.25, -0.2) is 4.21 Å². The molecule has 0 fully saturated rings. The summed E-state index contributed by atoms with van der Waals surface area (Å²) >= 11 is 0. The van der Waals surface area contributed by atoms with E-state index in [1.165, 1.54) is 6.26 Å². The summed E-state index contributed by atoms with van der Waals surface area (Å²) in [6.07, 6.45) is 1.45. The zero-order valence-electron chi connectivity index (χ0n) is 11.1. The Labute approximate surface area is 118 Å². The van der Waals surface area contributed by atoms with Gasteiger partial charge in [0.15, 0.2) is 6.61 Å². The van der Waals surface area contributed by atoms with Gasteiger partial charge in [0.2, 0.25) is 0 Å². The summed E-state index contributed by atoms with van der Waals surface area (Å²) < 4.78 is 21.4. The van der Waals surface area contributed by atoms with Gasteiger partial charge in [0.05, 0.1) is 9.73 Å². The molecule has 2 rings (SSSR count). The van der Waals surface area contributed by atoms with Crippen molar-refractivity contribution in [2.45, 2.75) is 4.90 Å². The molecule has 2 aromatic carbocycles. The first-order valence-electron chi connectivity index (χ1n) is 6.06. The van der Waals surface area contributed by atoms with E-state index in [9.17, 15) is 9.00 Å². The standard InChI is InChI=1S/C15H15NO3S/c1-20(18,14-10-6-3-7-11-14)16-15(17)12-19-13-8-4-2-5-9-13/h2-11H,12H2,1H3. The molecule has 0 bridgehead atoms. The van der Waals surface area contributed by atoms with Crippen molar-refractivity contribution >= 4 is 15.6 Å². The second-order valence-corrected chi connectivity index (χ2v) is 6.46. The molecule has 0 N–H and O–H groups in total. The number of benzene rings is 2. The maximum Gasteiger partial charge on any atom is 0.291 e. The summed E-state index contributed by atoms with van der Waals surface area (Å²) in [7, 11) is -2.72. The first-order valence-corrected chi connectivity index (χ1v) is 7.98. The van der Waals surface area contributed by atoms with E-state index >= 15 is 0 Å². The van der Waals surface area contributed by atoms with Gasteiger partial charge in [-0.05, 0) is 24.3 Å². The molecule has 0 aliphatic heterocycles. The lowest BCUT2D eigenvalue weighted by Gasteiger charge is -2.05. The van der Waals surface area contributed by atoms with Gasteiger partial charge in [-0.1, -0.05) is 36.4 Å². The minimum absolute atomic E-state index is 0.221. The van der Waals surface area contributed by atoms with Crippen molar-refractivity contribution < 1.29 is 13.7 Å². The average molecular weight is 289 g/mol. The molecular formula is C15H15NO3S. The fraction of sp³-hybridized carbons (Fsp3) is 0.133. The Morgan fingerprint density at radius 3 is 2.20 bits per heavy atom. The molecule has 104 valence electrons. The van der Waals surface area contributed by atoms with E-state index in [1.54, 1.807) is 36.4 Å². The molecule has 0 aromatic heterocycles. The highest BCUT2D eigenvalue weighted by atomic mass is 32.2. The van der Waals surface area contributed by atoms with Gasteiger partial charge in [0.25, 0.3) is 5.91 Å². The van der Waals surface area contributed by atoms with Gasteiger partial charge in [-0.15, -0.1) is 0 Å². The molecular weight excluding hydrogens is 274 g/mol. The molecule has 1 amide bonds. The predicted octanol–water partition coefficient (Wildman–Crippen LogP) is 2.75. The van der Waals surface area contributed by atoms with E-state index in [2.05, 4.69) is 4.36 Å². The molecule has 0 saturated carbocycles. The zero-order valence-corrected chi connectivity index (χ0v) is 11.9. The predicted molar refractivity (Wildman–Crippen MR) is 78.1 cm³/mol. The van der Waals surface area contributed by atoms with E-state index in [-0.39, 0.29) is 6.61 Å². The van der Waals surface area contributed by atoms with Crippen molar-refractivity contribution in [3.8, 4) is 5.75 Å². The minimum atomic E-state index is -2.72. The number of hydrogen-bond donors (Lipinski definition) is 0. The lowest BCUT2D eigenvalue weighted by atomic mass is 10.3. The van der Waals surface area contributed by atoms with E-state index in [0.29, 0.717) is 10.6 Å². The SMILES string of the molecule is CS(=O)(=NC(=O)COc1ccccc1)c1ccccc1. The van der Waals surface area contributed by atoms with Gasteiger partial charge in [-0.3, -0.25) is 4.79 Å².